The molecule has 0 atom stereocenters. The Hall–Kier alpha value is -1.82. The third-order valence-electron chi connectivity index (χ3n) is 3.52. The summed E-state index contributed by atoms with van der Waals surface area (Å²) in [6.45, 7) is 8.65. The summed E-state index contributed by atoms with van der Waals surface area (Å²) in [6.07, 6.45) is 0.922. The second-order valence-electron chi connectivity index (χ2n) is 6.27. The first-order valence-corrected chi connectivity index (χ1v) is 8.95. The van der Waals surface area contributed by atoms with Crippen molar-refractivity contribution in [3.05, 3.63) is 45.7 Å². The largest absolute Gasteiger partial charge is 0.491 e. The molecule has 0 fully saturated rings. The third-order valence-corrected chi connectivity index (χ3v) is 4.32. The number of carbonyl (C=O) groups is 1. The molecule has 0 saturated carbocycles. The zero-order valence-electron chi connectivity index (χ0n) is 14.5. The lowest BCUT2D eigenvalue weighted by Gasteiger charge is -2.10. The van der Waals surface area contributed by atoms with Crippen LogP contribution in [-0.4, -0.2) is 28.8 Å². The van der Waals surface area contributed by atoms with Crippen LogP contribution in [0.3, 0.4) is 0 Å². The number of amides is 1. The minimum atomic E-state index is -0.176. The lowest BCUT2D eigenvalue weighted by atomic mass is 10.1. The number of benzene rings is 1. The van der Waals surface area contributed by atoms with Crippen molar-refractivity contribution in [2.24, 2.45) is 0 Å². The zero-order valence-corrected chi connectivity index (χ0v) is 16.1. The molecule has 0 saturated heterocycles. The molecule has 0 aliphatic rings. The van der Waals surface area contributed by atoms with Gasteiger partial charge < -0.3 is 10.1 Å². The molecule has 5 nitrogen and oxygen atoms in total. The fourth-order valence-electron chi connectivity index (χ4n) is 2.29. The summed E-state index contributed by atoms with van der Waals surface area (Å²) in [5.74, 6) is 0.962. The van der Waals surface area contributed by atoms with Crippen LogP contribution >= 0.6 is 15.9 Å². The van der Waals surface area contributed by atoms with Crippen LogP contribution in [0.2, 0.25) is 0 Å². The summed E-state index contributed by atoms with van der Waals surface area (Å²) in [5, 5.41) is 9.92. The first-order valence-electron chi connectivity index (χ1n) is 8.16. The van der Waals surface area contributed by atoms with E-state index < -0.39 is 0 Å². The van der Waals surface area contributed by atoms with Gasteiger partial charge in [0.2, 0.25) is 0 Å². The van der Waals surface area contributed by atoms with Gasteiger partial charge in [0.25, 0.3) is 5.91 Å². The molecule has 24 heavy (non-hydrogen) atoms. The summed E-state index contributed by atoms with van der Waals surface area (Å²) in [4.78, 5) is 12.2. The minimum absolute atomic E-state index is 0.165. The van der Waals surface area contributed by atoms with E-state index in [0.717, 1.165) is 27.9 Å². The maximum absolute atomic E-state index is 12.2. The Morgan fingerprint density at radius 1 is 1.25 bits per heavy atom. The highest BCUT2D eigenvalue weighted by atomic mass is 79.9. The second kappa shape index (κ2) is 8.33. The average molecular weight is 394 g/mol. The Bertz CT molecular complexity index is 678. The van der Waals surface area contributed by atoms with Crippen LogP contribution in [0, 0.1) is 0 Å². The maximum Gasteiger partial charge on any atom is 0.272 e. The van der Waals surface area contributed by atoms with Crippen LogP contribution in [0.5, 0.6) is 5.75 Å². The van der Waals surface area contributed by atoms with Crippen molar-refractivity contribution in [3.8, 4) is 5.75 Å². The van der Waals surface area contributed by atoms with Gasteiger partial charge in [-0.1, -0.05) is 26.0 Å². The molecule has 0 aliphatic heterocycles. The fourth-order valence-corrected chi connectivity index (χ4v) is 3.10. The highest BCUT2D eigenvalue weighted by molar-refractivity contribution is 9.10. The summed E-state index contributed by atoms with van der Waals surface area (Å²) >= 11 is 3.45. The van der Waals surface area contributed by atoms with Crippen LogP contribution in [0.25, 0.3) is 0 Å². The van der Waals surface area contributed by atoms with Crippen LogP contribution in [0.4, 0.5) is 0 Å². The number of rotatable bonds is 7. The Balaban J connectivity index is 1.86. The lowest BCUT2D eigenvalue weighted by Crippen LogP contribution is -2.26. The number of nitrogens with one attached hydrogen (secondary N) is 2. The van der Waals surface area contributed by atoms with Crippen molar-refractivity contribution in [2.75, 3.05) is 6.54 Å². The van der Waals surface area contributed by atoms with Crippen LogP contribution in [0.1, 0.15) is 55.4 Å². The molecule has 130 valence electrons. The smallest absolute Gasteiger partial charge is 0.272 e. The van der Waals surface area contributed by atoms with Gasteiger partial charge in [-0.15, -0.1) is 0 Å². The molecule has 6 heteroatoms. The van der Waals surface area contributed by atoms with Crippen molar-refractivity contribution in [1.82, 2.24) is 15.5 Å². The van der Waals surface area contributed by atoms with Gasteiger partial charge in [-0.3, -0.25) is 9.89 Å². The van der Waals surface area contributed by atoms with E-state index in [1.165, 1.54) is 0 Å². The molecule has 1 aromatic carbocycles. The number of ether oxygens (including phenoxy) is 1. The van der Waals surface area contributed by atoms with Crippen molar-refractivity contribution in [3.63, 3.8) is 0 Å². The van der Waals surface area contributed by atoms with E-state index in [0.29, 0.717) is 12.2 Å². The van der Waals surface area contributed by atoms with Crippen LogP contribution in [-0.2, 0) is 6.42 Å². The quantitative estimate of drug-likeness (QED) is 0.745. The summed E-state index contributed by atoms with van der Waals surface area (Å²) < 4.78 is 6.36. The van der Waals surface area contributed by atoms with Crippen LogP contribution in [0.15, 0.2) is 28.7 Å². The molecule has 2 N–H and O–H groups in total. The Morgan fingerprint density at radius 3 is 2.46 bits per heavy atom. The molecular weight excluding hydrogens is 370 g/mol. The summed E-state index contributed by atoms with van der Waals surface area (Å²) in [7, 11) is 0. The molecule has 0 unspecified atom stereocenters. The number of H-pyrrole nitrogens is 1. The number of hydrogen-bond donors (Lipinski definition) is 2. The van der Waals surface area contributed by atoms with Gasteiger partial charge in [0.15, 0.2) is 5.69 Å². The maximum atomic E-state index is 12.2. The summed E-state index contributed by atoms with van der Waals surface area (Å²) in [5.41, 5.74) is 2.48. The molecule has 1 amide bonds. The number of aromatic nitrogens is 2. The molecule has 0 radical (unpaired) electrons. The predicted octanol–water partition coefficient (Wildman–Crippen LogP) is 4.06. The second-order valence-corrected chi connectivity index (χ2v) is 7.06. The van der Waals surface area contributed by atoms with E-state index in [1.807, 2.05) is 52.0 Å². The molecule has 1 aromatic heterocycles. The van der Waals surface area contributed by atoms with Gasteiger partial charge in [0.05, 0.1) is 16.3 Å². The van der Waals surface area contributed by atoms with Gasteiger partial charge in [-0.05, 0) is 59.8 Å². The van der Waals surface area contributed by atoms with E-state index in [2.05, 4.69) is 31.4 Å². The minimum Gasteiger partial charge on any atom is -0.491 e. The standard InChI is InChI=1S/C18H24BrN3O2/c1-11(2)16-15(19)17(22-21-16)18(23)20-10-9-13-5-7-14(8-6-13)24-12(3)4/h5-8,11-12H,9-10H2,1-4H3,(H,20,23)(H,21,22). The molecule has 0 spiro atoms. The predicted molar refractivity (Wildman–Crippen MR) is 98.6 cm³/mol. The van der Waals surface area contributed by atoms with Gasteiger partial charge >= 0.3 is 0 Å². The molecule has 0 aliphatic carbocycles. The van der Waals surface area contributed by atoms with Gasteiger partial charge in [-0.2, -0.15) is 5.10 Å². The Labute approximate surface area is 151 Å². The highest BCUT2D eigenvalue weighted by Crippen LogP contribution is 2.25. The molecule has 1 heterocycles. The number of aromatic amines is 1. The van der Waals surface area contributed by atoms with Gasteiger partial charge in [0.1, 0.15) is 5.75 Å². The van der Waals surface area contributed by atoms with E-state index in [9.17, 15) is 4.79 Å². The fraction of sp³-hybridized carbons (Fsp3) is 0.444. The topological polar surface area (TPSA) is 67.0 Å². The van der Waals surface area contributed by atoms with E-state index >= 15 is 0 Å². The first kappa shape index (κ1) is 18.5. The SMILES string of the molecule is CC(C)Oc1ccc(CCNC(=O)c2n[nH]c(C(C)C)c2Br)cc1. The Kier molecular flexibility index (Phi) is 6.43. The normalized spacial score (nSPS) is 11.1. The van der Waals surface area contributed by atoms with Crippen molar-refractivity contribution < 1.29 is 9.53 Å². The van der Waals surface area contributed by atoms with E-state index in [-0.39, 0.29) is 17.9 Å². The van der Waals surface area contributed by atoms with Crippen molar-refractivity contribution >= 4 is 21.8 Å². The monoisotopic (exact) mass is 393 g/mol. The Morgan fingerprint density at radius 2 is 1.92 bits per heavy atom. The third kappa shape index (κ3) is 4.84. The number of carbonyl (C=O) groups excluding carboxylic acids is 1. The first-order chi connectivity index (χ1) is 11.4. The molecule has 0 bridgehead atoms. The lowest BCUT2D eigenvalue weighted by molar-refractivity contribution is 0.0948. The molecular formula is C18H24BrN3O2. The number of halogens is 1. The van der Waals surface area contributed by atoms with E-state index in [4.69, 9.17) is 4.74 Å². The van der Waals surface area contributed by atoms with Crippen LogP contribution < -0.4 is 10.1 Å². The van der Waals surface area contributed by atoms with E-state index in [1.54, 1.807) is 0 Å². The average Bonchev–Trinajstić information content (AvgIpc) is 2.90. The van der Waals surface area contributed by atoms with Crippen molar-refractivity contribution in [1.29, 1.82) is 0 Å². The number of nitrogens with zero attached hydrogens (tertiary/aromatic N) is 1. The molecule has 2 aromatic rings. The summed E-state index contributed by atoms with van der Waals surface area (Å²) in [6, 6.07) is 7.95. The zero-order chi connectivity index (χ0) is 17.7. The highest BCUT2D eigenvalue weighted by Gasteiger charge is 2.18. The van der Waals surface area contributed by atoms with Gasteiger partial charge in [-0.25, -0.2) is 0 Å². The number of hydrogen-bond acceptors (Lipinski definition) is 3. The molecule has 2 rings (SSSR count). The van der Waals surface area contributed by atoms with Gasteiger partial charge in [0, 0.05) is 6.54 Å². The van der Waals surface area contributed by atoms with Crippen molar-refractivity contribution in [2.45, 2.75) is 46.1 Å².